The first-order valence-corrected chi connectivity index (χ1v) is 7.56. The molecule has 1 aromatic rings. The summed E-state index contributed by atoms with van der Waals surface area (Å²) < 4.78 is 5.58. The van der Waals surface area contributed by atoms with Gasteiger partial charge in [-0.25, -0.2) is 0 Å². The minimum Gasteiger partial charge on any atom is -0.380 e. The van der Waals surface area contributed by atoms with Crippen molar-refractivity contribution < 1.29 is 4.74 Å². The fourth-order valence-corrected chi connectivity index (χ4v) is 3.08. The van der Waals surface area contributed by atoms with Crippen LogP contribution in [0.3, 0.4) is 0 Å². The predicted octanol–water partition coefficient (Wildman–Crippen LogP) is 1.98. The second-order valence-corrected chi connectivity index (χ2v) is 5.91. The van der Waals surface area contributed by atoms with Gasteiger partial charge >= 0.3 is 0 Å². The number of rotatable bonds is 5. The summed E-state index contributed by atoms with van der Waals surface area (Å²) in [5.41, 5.74) is 0.350. The van der Waals surface area contributed by atoms with Gasteiger partial charge in [-0.2, -0.15) is 5.26 Å². The van der Waals surface area contributed by atoms with Crippen molar-refractivity contribution in [2.45, 2.75) is 25.0 Å². The first-order valence-electron chi connectivity index (χ1n) is 7.56. The van der Waals surface area contributed by atoms with Gasteiger partial charge in [0.05, 0.1) is 12.2 Å². The number of benzene rings is 1. The lowest BCUT2D eigenvalue weighted by atomic mass is 9.88. The normalized spacial score (nSPS) is 26.0. The van der Waals surface area contributed by atoms with Crippen LogP contribution in [0.4, 0.5) is 0 Å². The maximum absolute atomic E-state index is 9.77. The highest BCUT2D eigenvalue weighted by Gasteiger charge is 2.35. The second kappa shape index (κ2) is 7.04. The minimum atomic E-state index is -0.667. The molecule has 0 bridgehead atoms. The molecule has 0 aromatic heterocycles. The Hall–Kier alpha value is -1.41. The van der Waals surface area contributed by atoms with Crippen LogP contribution in [0.2, 0.25) is 0 Å². The molecule has 1 N–H and O–H groups in total. The molecule has 1 fully saturated rings. The number of likely N-dealkylation sites (N-methyl/N-ethyl adjacent to an activating group) is 1. The van der Waals surface area contributed by atoms with Crippen molar-refractivity contribution in [2.24, 2.45) is 5.92 Å². The summed E-state index contributed by atoms with van der Waals surface area (Å²) in [7, 11) is 3.63. The molecule has 1 heterocycles. The molecule has 0 spiro atoms. The molecule has 114 valence electrons. The summed E-state index contributed by atoms with van der Waals surface area (Å²) >= 11 is 0. The molecule has 0 amide bonds. The van der Waals surface area contributed by atoms with E-state index in [1.807, 2.05) is 37.4 Å². The van der Waals surface area contributed by atoms with E-state index in [2.05, 4.69) is 23.2 Å². The molecule has 3 unspecified atom stereocenters. The Bertz CT molecular complexity index is 485. The van der Waals surface area contributed by atoms with Gasteiger partial charge in [0.15, 0.2) is 0 Å². The van der Waals surface area contributed by atoms with E-state index in [1.54, 1.807) is 7.11 Å². The third-order valence-electron chi connectivity index (χ3n) is 4.62. The summed E-state index contributed by atoms with van der Waals surface area (Å²) in [6.45, 7) is 4.81. The minimum absolute atomic E-state index is 0.253. The molecule has 4 heteroatoms. The van der Waals surface area contributed by atoms with E-state index in [0.29, 0.717) is 12.5 Å². The van der Waals surface area contributed by atoms with Crippen LogP contribution >= 0.6 is 0 Å². The van der Waals surface area contributed by atoms with E-state index in [1.165, 1.54) is 0 Å². The molecule has 4 nitrogen and oxygen atoms in total. The van der Waals surface area contributed by atoms with E-state index in [4.69, 9.17) is 4.74 Å². The number of nitrogens with one attached hydrogen (secondary N) is 1. The zero-order valence-electron chi connectivity index (χ0n) is 13.2. The van der Waals surface area contributed by atoms with Crippen LogP contribution in [-0.4, -0.2) is 44.8 Å². The Morgan fingerprint density at radius 1 is 1.43 bits per heavy atom. The fourth-order valence-electron chi connectivity index (χ4n) is 3.08. The maximum Gasteiger partial charge on any atom is 0.144 e. The molecular formula is C17H25N3O. The Labute approximate surface area is 127 Å². The molecule has 21 heavy (non-hydrogen) atoms. The Balaban J connectivity index is 2.16. The van der Waals surface area contributed by atoms with Crippen LogP contribution in [0.1, 0.15) is 18.9 Å². The second-order valence-electron chi connectivity index (χ2n) is 5.91. The van der Waals surface area contributed by atoms with Crippen molar-refractivity contribution >= 4 is 0 Å². The van der Waals surface area contributed by atoms with Crippen LogP contribution < -0.4 is 5.32 Å². The third-order valence-corrected chi connectivity index (χ3v) is 4.62. The van der Waals surface area contributed by atoms with Crippen molar-refractivity contribution in [3.63, 3.8) is 0 Å². The molecule has 3 atom stereocenters. The van der Waals surface area contributed by atoms with E-state index >= 15 is 0 Å². The van der Waals surface area contributed by atoms with Crippen molar-refractivity contribution in [3.8, 4) is 6.07 Å². The molecule has 0 radical (unpaired) electrons. The van der Waals surface area contributed by atoms with Crippen LogP contribution in [-0.2, 0) is 10.3 Å². The first kappa shape index (κ1) is 16.0. The van der Waals surface area contributed by atoms with Crippen LogP contribution in [0.5, 0.6) is 0 Å². The van der Waals surface area contributed by atoms with Crippen LogP contribution in [0.25, 0.3) is 0 Å². The van der Waals surface area contributed by atoms with Gasteiger partial charge in [0.1, 0.15) is 5.54 Å². The van der Waals surface area contributed by atoms with E-state index < -0.39 is 5.54 Å². The van der Waals surface area contributed by atoms with Gasteiger partial charge in [-0.15, -0.1) is 0 Å². The zero-order chi connectivity index (χ0) is 15.3. The monoisotopic (exact) mass is 287 g/mol. The average molecular weight is 287 g/mol. The Kier molecular flexibility index (Phi) is 5.35. The van der Waals surface area contributed by atoms with Crippen molar-refractivity contribution in [1.82, 2.24) is 10.2 Å². The highest BCUT2D eigenvalue weighted by molar-refractivity contribution is 5.32. The van der Waals surface area contributed by atoms with Gasteiger partial charge in [0, 0.05) is 20.2 Å². The lowest BCUT2D eigenvalue weighted by molar-refractivity contribution is -0.0102. The first-order chi connectivity index (χ1) is 10.1. The summed E-state index contributed by atoms with van der Waals surface area (Å²) in [6.07, 6.45) is 1.36. The number of ether oxygens (including phenoxy) is 1. The lowest BCUT2D eigenvalue weighted by Gasteiger charge is -2.40. The van der Waals surface area contributed by atoms with E-state index in [-0.39, 0.29) is 6.10 Å². The van der Waals surface area contributed by atoms with Crippen molar-refractivity contribution in [3.05, 3.63) is 35.9 Å². The number of nitriles is 1. The van der Waals surface area contributed by atoms with Gasteiger partial charge in [0.25, 0.3) is 0 Å². The standard InChI is InChI=1S/C17H25N3O/c1-14-9-10-20(11-16(14)21-3)13-17(12-18,19-2)15-7-5-4-6-8-15/h4-8,14,16,19H,9-11,13H2,1-3H3. The maximum atomic E-state index is 9.77. The van der Waals surface area contributed by atoms with E-state index in [9.17, 15) is 5.26 Å². The smallest absolute Gasteiger partial charge is 0.144 e. The molecule has 1 saturated heterocycles. The largest absolute Gasteiger partial charge is 0.380 e. The summed E-state index contributed by atoms with van der Waals surface area (Å²) in [4.78, 5) is 2.33. The van der Waals surface area contributed by atoms with Gasteiger partial charge in [-0.3, -0.25) is 10.2 Å². The van der Waals surface area contributed by atoms with Gasteiger partial charge in [-0.1, -0.05) is 37.3 Å². The molecule has 1 aromatic carbocycles. The molecule has 0 saturated carbocycles. The number of piperidine rings is 1. The fraction of sp³-hybridized carbons (Fsp3) is 0.588. The molecule has 1 aliphatic rings. The average Bonchev–Trinajstić information content (AvgIpc) is 2.55. The summed E-state index contributed by atoms with van der Waals surface area (Å²) in [5.74, 6) is 0.578. The third kappa shape index (κ3) is 3.44. The van der Waals surface area contributed by atoms with Gasteiger partial charge in [-0.05, 0) is 31.5 Å². The SMILES string of the molecule is CNC(C#N)(CN1CCC(C)C(OC)C1)c1ccccc1. The van der Waals surface area contributed by atoms with Crippen LogP contribution in [0, 0.1) is 17.2 Å². The Morgan fingerprint density at radius 3 is 2.71 bits per heavy atom. The van der Waals surface area contributed by atoms with E-state index in [0.717, 1.165) is 25.1 Å². The zero-order valence-corrected chi connectivity index (χ0v) is 13.2. The topological polar surface area (TPSA) is 48.3 Å². The number of hydrogen-bond acceptors (Lipinski definition) is 4. The number of methoxy groups -OCH3 is 1. The number of hydrogen-bond donors (Lipinski definition) is 1. The molecule has 0 aliphatic carbocycles. The van der Waals surface area contributed by atoms with Gasteiger partial charge < -0.3 is 4.74 Å². The predicted molar refractivity (Wildman–Crippen MR) is 83.8 cm³/mol. The van der Waals surface area contributed by atoms with Gasteiger partial charge in [0.2, 0.25) is 0 Å². The number of likely N-dealkylation sites (tertiary alicyclic amines) is 1. The molecule has 2 rings (SSSR count). The van der Waals surface area contributed by atoms with Crippen LogP contribution in [0.15, 0.2) is 30.3 Å². The quantitative estimate of drug-likeness (QED) is 0.899. The molecular weight excluding hydrogens is 262 g/mol. The summed E-state index contributed by atoms with van der Waals surface area (Å²) in [5, 5.41) is 13.0. The van der Waals surface area contributed by atoms with Crippen molar-refractivity contribution in [2.75, 3.05) is 33.8 Å². The summed E-state index contributed by atoms with van der Waals surface area (Å²) in [6, 6.07) is 12.4. The highest BCUT2D eigenvalue weighted by atomic mass is 16.5. The highest BCUT2D eigenvalue weighted by Crippen LogP contribution is 2.25. The Morgan fingerprint density at radius 2 is 2.14 bits per heavy atom. The van der Waals surface area contributed by atoms with Crippen molar-refractivity contribution in [1.29, 1.82) is 5.26 Å². The number of nitrogens with zero attached hydrogens (tertiary/aromatic N) is 2. The lowest BCUT2D eigenvalue weighted by Crippen LogP contribution is -2.53. The molecule has 1 aliphatic heterocycles.